The first kappa shape index (κ1) is 14.7. The summed E-state index contributed by atoms with van der Waals surface area (Å²) in [6.07, 6.45) is 13.4. The molecule has 1 radical (unpaired) electrons. The minimum absolute atomic E-state index is 0.213. The van der Waals surface area contributed by atoms with Crippen molar-refractivity contribution in [1.29, 1.82) is 0 Å². The smallest absolute Gasteiger partial charge is 0.0574 e. The van der Waals surface area contributed by atoms with E-state index in [-0.39, 0.29) is 6.10 Å². The van der Waals surface area contributed by atoms with Gasteiger partial charge in [-0.05, 0) is 12.8 Å². The molecule has 0 aliphatic heterocycles. The van der Waals surface area contributed by atoms with Crippen molar-refractivity contribution in [3.8, 4) is 0 Å². The number of hydrogen-bond donors (Lipinski definition) is 1. The van der Waals surface area contributed by atoms with Gasteiger partial charge in [-0.15, -0.1) is 0 Å². The van der Waals surface area contributed by atoms with E-state index in [9.17, 15) is 5.11 Å². The predicted octanol–water partition coefficient (Wildman–Crippen LogP) is 4.26. The van der Waals surface area contributed by atoms with Gasteiger partial charge in [0, 0.05) is 0 Å². The molecule has 0 heterocycles. The topological polar surface area (TPSA) is 20.2 Å². The van der Waals surface area contributed by atoms with Gasteiger partial charge >= 0.3 is 0 Å². The van der Waals surface area contributed by atoms with Crippen molar-refractivity contribution in [3.05, 3.63) is 12.7 Å². The van der Waals surface area contributed by atoms with E-state index in [4.69, 9.17) is 6.58 Å². The molecule has 1 heteroatoms. The fourth-order valence-electron chi connectivity index (χ4n) is 1.79. The summed E-state index contributed by atoms with van der Waals surface area (Å²) in [5.74, 6) is 0. The summed E-state index contributed by atoms with van der Waals surface area (Å²) < 4.78 is 0. The standard InChI is InChI=1S/C14H27O/c1-3-5-6-7-8-9-10-11-13-14(15)12-4-2/h2,4,14-15H,3,5-13H2,1H3. The fourth-order valence-corrected chi connectivity index (χ4v) is 1.79. The van der Waals surface area contributed by atoms with Gasteiger partial charge in [-0.1, -0.05) is 70.9 Å². The lowest BCUT2D eigenvalue weighted by atomic mass is 10.0. The minimum Gasteiger partial charge on any atom is -0.393 e. The fraction of sp³-hybridized carbons (Fsp3) is 0.857. The van der Waals surface area contributed by atoms with E-state index in [0.29, 0.717) is 6.42 Å². The molecule has 0 saturated carbocycles. The van der Waals surface area contributed by atoms with E-state index in [1.165, 1.54) is 44.9 Å². The average Bonchev–Trinajstić information content (AvgIpc) is 2.22. The molecule has 0 amide bonds. The number of unbranched alkanes of at least 4 members (excludes halogenated alkanes) is 7. The summed E-state index contributed by atoms with van der Waals surface area (Å²) in [5.41, 5.74) is 0. The Morgan fingerprint density at radius 2 is 1.53 bits per heavy atom. The van der Waals surface area contributed by atoms with Crippen molar-refractivity contribution in [3.63, 3.8) is 0 Å². The van der Waals surface area contributed by atoms with E-state index in [1.54, 1.807) is 6.08 Å². The molecule has 0 aliphatic rings. The van der Waals surface area contributed by atoms with E-state index in [0.717, 1.165) is 12.8 Å². The number of aliphatic hydroxyl groups is 1. The zero-order chi connectivity index (χ0) is 11.4. The molecule has 89 valence electrons. The van der Waals surface area contributed by atoms with Gasteiger partial charge in [0.25, 0.3) is 0 Å². The van der Waals surface area contributed by atoms with Crippen LogP contribution >= 0.6 is 0 Å². The lowest BCUT2D eigenvalue weighted by molar-refractivity contribution is 0.163. The van der Waals surface area contributed by atoms with Crippen LogP contribution in [0.2, 0.25) is 0 Å². The first-order valence-corrected chi connectivity index (χ1v) is 6.52. The maximum absolute atomic E-state index is 9.41. The molecule has 1 N–H and O–H groups in total. The highest BCUT2D eigenvalue weighted by Gasteiger charge is 2.00. The van der Waals surface area contributed by atoms with Gasteiger partial charge < -0.3 is 5.11 Å². The summed E-state index contributed by atoms with van der Waals surface area (Å²) in [5, 5.41) is 9.41. The monoisotopic (exact) mass is 211 g/mol. The van der Waals surface area contributed by atoms with Crippen LogP contribution in [0, 0.1) is 6.58 Å². The van der Waals surface area contributed by atoms with Crippen LogP contribution in [0.3, 0.4) is 0 Å². The Morgan fingerprint density at radius 3 is 2.07 bits per heavy atom. The molecule has 1 nitrogen and oxygen atoms in total. The van der Waals surface area contributed by atoms with Crippen LogP contribution in [-0.2, 0) is 0 Å². The molecule has 1 unspecified atom stereocenters. The molecule has 0 aliphatic carbocycles. The Hall–Kier alpha value is -0.300. The summed E-state index contributed by atoms with van der Waals surface area (Å²) >= 11 is 0. The lowest BCUT2D eigenvalue weighted by Gasteiger charge is -2.07. The van der Waals surface area contributed by atoms with E-state index < -0.39 is 0 Å². The van der Waals surface area contributed by atoms with E-state index in [1.807, 2.05) is 0 Å². The molecule has 0 aromatic rings. The molecule has 0 rings (SSSR count). The van der Waals surface area contributed by atoms with Crippen LogP contribution in [0.5, 0.6) is 0 Å². The highest BCUT2D eigenvalue weighted by molar-refractivity contribution is 4.69. The molecular formula is C14H27O. The molecule has 15 heavy (non-hydrogen) atoms. The largest absolute Gasteiger partial charge is 0.393 e. The zero-order valence-electron chi connectivity index (χ0n) is 10.3. The van der Waals surface area contributed by atoms with Gasteiger partial charge in [-0.3, -0.25) is 0 Å². The maximum atomic E-state index is 9.41. The molecule has 1 atom stereocenters. The third-order valence-electron chi connectivity index (χ3n) is 2.80. The van der Waals surface area contributed by atoms with Crippen molar-refractivity contribution >= 4 is 0 Å². The Kier molecular flexibility index (Phi) is 11.5. The molecule has 0 aromatic heterocycles. The normalized spacial score (nSPS) is 12.7. The second kappa shape index (κ2) is 11.8. The molecule has 0 fully saturated rings. The highest BCUT2D eigenvalue weighted by Crippen LogP contribution is 2.11. The average molecular weight is 211 g/mol. The van der Waals surface area contributed by atoms with Crippen LogP contribution in [0.25, 0.3) is 0 Å². The Labute approximate surface area is 95.6 Å². The first-order valence-electron chi connectivity index (χ1n) is 6.52. The van der Waals surface area contributed by atoms with Gasteiger partial charge in [0.05, 0.1) is 6.10 Å². The Bertz CT molecular complexity index is 131. The second-order valence-electron chi connectivity index (χ2n) is 4.39. The van der Waals surface area contributed by atoms with Gasteiger partial charge in [-0.25, -0.2) is 0 Å². The van der Waals surface area contributed by atoms with Crippen LogP contribution in [0.15, 0.2) is 6.08 Å². The summed E-state index contributed by atoms with van der Waals surface area (Å²) in [6, 6.07) is 0. The molecule has 0 saturated heterocycles. The van der Waals surface area contributed by atoms with Gasteiger partial charge in [0.1, 0.15) is 0 Å². The second-order valence-corrected chi connectivity index (χ2v) is 4.39. The minimum atomic E-state index is -0.213. The first-order chi connectivity index (χ1) is 7.31. The van der Waals surface area contributed by atoms with Crippen molar-refractivity contribution in [2.45, 2.75) is 77.2 Å². The lowest BCUT2D eigenvalue weighted by Crippen LogP contribution is -2.03. The van der Waals surface area contributed by atoms with Crippen molar-refractivity contribution in [2.24, 2.45) is 0 Å². The van der Waals surface area contributed by atoms with Crippen molar-refractivity contribution in [1.82, 2.24) is 0 Å². The van der Waals surface area contributed by atoms with Gasteiger partial charge in [0.2, 0.25) is 0 Å². The number of hydrogen-bond acceptors (Lipinski definition) is 1. The predicted molar refractivity (Wildman–Crippen MR) is 66.7 cm³/mol. The Balaban J connectivity index is 3.01. The van der Waals surface area contributed by atoms with Crippen LogP contribution in [0.1, 0.15) is 71.1 Å². The third kappa shape index (κ3) is 11.6. The van der Waals surface area contributed by atoms with Crippen molar-refractivity contribution in [2.75, 3.05) is 0 Å². The Morgan fingerprint density at radius 1 is 1.00 bits per heavy atom. The number of aliphatic hydroxyl groups excluding tert-OH is 1. The molecule has 0 bridgehead atoms. The molecule has 0 aromatic carbocycles. The highest BCUT2D eigenvalue weighted by atomic mass is 16.3. The quantitative estimate of drug-likeness (QED) is 0.506. The summed E-state index contributed by atoms with van der Waals surface area (Å²) in [4.78, 5) is 0. The maximum Gasteiger partial charge on any atom is 0.0574 e. The number of rotatable bonds is 11. The summed E-state index contributed by atoms with van der Waals surface area (Å²) in [7, 11) is 0. The third-order valence-corrected chi connectivity index (χ3v) is 2.80. The van der Waals surface area contributed by atoms with Crippen LogP contribution in [-0.4, -0.2) is 11.2 Å². The van der Waals surface area contributed by atoms with E-state index in [2.05, 4.69) is 6.92 Å². The van der Waals surface area contributed by atoms with Crippen LogP contribution in [0.4, 0.5) is 0 Å². The summed E-state index contributed by atoms with van der Waals surface area (Å²) in [6.45, 7) is 7.49. The van der Waals surface area contributed by atoms with E-state index >= 15 is 0 Å². The van der Waals surface area contributed by atoms with Crippen LogP contribution < -0.4 is 0 Å². The van der Waals surface area contributed by atoms with Gasteiger partial charge in [-0.2, -0.15) is 0 Å². The SMILES string of the molecule is [CH]=CCC(O)CCCCCCCCCC. The van der Waals surface area contributed by atoms with Gasteiger partial charge in [0.15, 0.2) is 0 Å². The molecule has 0 spiro atoms. The van der Waals surface area contributed by atoms with Crippen molar-refractivity contribution < 1.29 is 5.11 Å². The zero-order valence-corrected chi connectivity index (χ0v) is 10.3. The molecular weight excluding hydrogens is 184 g/mol.